The predicted molar refractivity (Wildman–Crippen MR) is 118 cm³/mol. The highest BCUT2D eigenvalue weighted by molar-refractivity contribution is 7.99. The van der Waals surface area contributed by atoms with E-state index in [1.54, 1.807) is 41.7 Å². The summed E-state index contributed by atoms with van der Waals surface area (Å²) in [5.41, 5.74) is 0. The maximum absolute atomic E-state index is 12.5. The van der Waals surface area contributed by atoms with Gasteiger partial charge in [-0.2, -0.15) is 16.5 Å². The quantitative estimate of drug-likeness (QED) is 0.392. The maximum atomic E-state index is 12.5. The van der Waals surface area contributed by atoms with Crippen molar-refractivity contribution in [3.8, 4) is 0 Å². The molecule has 1 amide bonds. The summed E-state index contributed by atoms with van der Waals surface area (Å²) >= 11 is 3.32. The Kier molecular flexibility index (Phi) is 9.91. The molecular formula is C20H26N2O3S3. The minimum absolute atomic E-state index is 0.163. The number of carbonyl (C=O) groups is 1. The number of benzene rings is 2. The first-order chi connectivity index (χ1) is 13.5. The Bertz CT molecular complexity index is 815. The molecule has 0 aromatic heterocycles. The van der Waals surface area contributed by atoms with E-state index in [0.717, 1.165) is 12.2 Å². The molecular weight excluding hydrogens is 412 g/mol. The highest BCUT2D eigenvalue weighted by Crippen LogP contribution is 2.17. The number of carbonyl (C=O) groups excluding carboxylic acids is 1. The Hall–Kier alpha value is -1.48. The second kappa shape index (κ2) is 12.2. The van der Waals surface area contributed by atoms with Gasteiger partial charge in [-0.25, -0.2) is 8.42 Å². The van der Waals surface area contributed by atoms with Gasteiger partial charge in [-0.15, -0.1) is 11.8 Å². The van der Waals surface area contributed by atoms with E-state index in [1.807, 2.05) is 24.5 Å². The first kappa shape index (κ1) is 22.8. The fourth-order valence-electron chi connectivity index (χ4n) is 2.45. The third-order valence-corrected chi connectivity index (χ3v) is 7.14. The second-order valence-corrected chi connectivity index (χ2v) is 9.94. The van der Waals surface area contributed by atoms with Crippen LogP contribution in [0.2, 0.25) is 0 Å². The zero-order chi connectivity index (χ0) is 20.2. The average molecular weight is 439 g/mol. The molecule has 2 N–H and O–H groups in total. The van der Waals surface area contributed by atoms with E-state index in [-0.39, 0.29) is 10.8 Å². The van der Waals surface area contributed by atoms with E-state index < -0.39 is 16.1 Å². The highest BCUT2D eigenvalue weighted by atomic mass is 32.2. The van der Waals surface area contributed by atoms with Crippen molar-refractivity contribution in [2.75, 3.05) is 24.3 Å². The fourth-order valence-corrected chi connectivity index (χ4v) is 5.04. The van der Waals surface area contributed by atoms with Gasteiger partial charge in [0.15, 0.2) is 0 Å². The van der Waals surface area contributed by atoms with Crippen molar-refractivity contribution in [1.29, 1.82) is 0 Å². The molecule has 0 spiro atoms. The molecule has 8 heteroatoms. The molecule has 0 aliphatic carbocycles. The summed E-state index contributed by atoms with van der Waals surface area (Å²) in [4.78, 5) is 13.9. The molecule has 1 atom stereocenters. The van der Waals surface area contributed by atoms with E-state index >= 15 is 0 Å². The van der Waals surface area contributed by atoms with Gasteiger partial charge in [-0.3, -0.25) is 4.79 Å². The molecule has 0 saturated heterocycles. The molecule has 2 aromatic carbocycles. The van der Waals surface area contributed by atoms with Gasteiger partial charge >= 0.3 is 0 Å². The maximum Gasteiger partial charge on any atom is 0.241 e. The summed E-state index contributed by atoms with van der Waals surface area (Å²) < 4.78 is 27.6. The zero-order valence-corrected chi connectivity index (χ0v) is 18.3. The second-order valence-electron chi connectivity index (χ2n) is 6.07. The lowest BCUT2D eigenvalue weighted by atomic mass is 10.2. The van der Waals surface area contributed by atoms with Crippen LogP contribution in [0.25, 0.3) is 0 Å². The fraction of sp³-hybridized carbons (Fsp3) is 0.350. The monoisotopic (exact) mass is 438 g/mol. The Balaban J connectivity index is 1.84. The van der Waals surface area contributed by atoms with Crippen LogP contribution in [0, 0.1) is 0 Å². The number of rotatable bonds is 12. The Labute approximate surface area is 176 Å². The van der Waals surface area contributed by atoms with Gasteiger partial charge in [0.25, 0.3) is 0 Å². The third kappa shape index (κ3) is 7.87. The molecule has 0 radical (unpaired) electrons. The van der Waals surface area contributed by atoms with E-state index in [0.29, 0.717) is 18.7 Å². The molecule has 0 heterocycles. The van der Waals surface area contributed by atoms with Gasteiger partial charge in [0, 0.05) is 11.4 Å². The van der Waals surface area contributed by atoms with Crippen LogP contribution in [0.5, 0.6) is 0 Å². The number of amides is 1. The number of hydrogen-bond donors (Lipinski definition) is 2. The molecule has 152 valence electrons. The molecule has 0 fully saturated rings. The predicted octanol–water partition coefficient (Wildman–Crippen LogP) is 3.39. The van der Waals surface area contributed by atoms with Gasteiger partial charge in [0.1, 0.15) is 6.04 Å². The summed E-state index contributed by atoms with van der Waals surface area (Å²) in [5, 5.41) is 2.86. The summed E-state index contributed by atoms with van der Waals surface area (Å²) in [5.74, 6) is 1.30. The zero-order valence-electron chi connectivity index (χ0n) is 15.8. The largest absolute Gasteiger partial charge is 0.355 e. The first-order valence-corrected chi connectivity index (χ1v) is 12.9. The molecule has 0 aliphatic rings. The standard InChI is InChI=1S/C20H26N2O3S3/c1-26-16-13-19(22-28(24,25)18-11-6-3-7-12-18)20(23)21-14-8-15-27-17-9-4-2-5-10-17/h2-7,9-12,19,22H,8,13-16H2,1H3,(H,21,23). The minimum atomic E-state index is -3.73. The minimum Gasteiger partial charge on any atom is -0.355 e. The van der Waals surface area contributed by atoms with E-state index in [1.165, 1.54) is 17.0 Å². The Morgan fingerprint density at radius 1 is 1.00 bits per heavy atom. The van der Waals surface area contributed by atoms with E-state index in [9.17, 15) is 13.2 Å². The van der Waals surface area contributed by atoms with Crippen molar-refractivity contribution in [3.63, 3.8) is 0 Å². The van der Waals surface area contributed by atoms with Crippen LogP contribution in [-0.2, 0) is 14.8 Å². The number of sulfonamides is 1. The van der Waals surface area contributed by atoms with Crippen LogP contribution in [0.1, 0.15) is 12.8 Å². The average Bonchev–Trinajstić information content (AvgIpc) is 2.72. The lowest BCUT2D eigenvalue weighted by Gasteiger charge is -2.18. The van der Waals surface area contributed by atoms with Crippen molar-refractivity contribution in [3.05, 3.63) is 60.7 Å². The molecule has 0 bridgehead atoms. The summed E-state index contributed by atoms with van der Waals surface area (Å²) in [7, 11) is -3.73. The molecule has 0 aliphatic heterocycles. The normalized spacial score (nSPS) is 12.5. The van der Waals surface area contributed by atoms with Gasteiger partial charge in [-0.1, -0.05) is 36.4 Å². The molecule has 0 saturated carbocycles. The lowest BCUT2D eigenvalue weighted by molar-refractivity contribution is -0.122. The summed E-state index contributed by atoms with van der Waals surface area (Å²) in [6.45, 7) is 0.515. The van der Waals surface area contributed by atoms with Crippen molar-refractivity contribution in [1.82, 2.24) is 10.0 Å². The Morgan fingerprint density at radius 3 is 2.29 bits per heavy atom. The molecule has 5 nitrogen and oxygen atoms in total. The van der Waals surface area contributed by atoms with Gasteiger partial charge < -0.3 is 5.32 Å². The molecule has 2 aromatic rings. The van der Waals surface area contributed by atoms with Crippen LogP contribution >= 0.6 is 23.5 Å². The van der Waals surface area contributed by atoms with Gasteiger partial charge in [-0.05, 0) is 54.9 Å². The smallest absolute Gasteiger partial charge is 0.241 e. The highest BCUT2D eigenvalue weighted by Gasteiger charge is 2.25. The number of hydrogen-bond acceptors (Lipinski definition) is 5. The Morgan fingerprint density at radius 2 is 1.64 bits per heavy atom. The molecule has 2 rings (SSSR count). The molecule has 28 heavy (non-hydrogen) atoms. The van der Waals surface area contributed by atoms with Crippen LogP contribution in [0.4, 0.5) is 0 Å². The van der Waals surface area contributed by atoms with Crippen molar-refractivity contribution in [2.45, 2.75) is 28.7 Å². The lowest BCUT2D eigenvalue weighted by Crippen LogP contribution is -2.47. The van der Waals surface area contributed by atoms with E-state index in [4.69, 9.17) is 0 Å². The van der Waals surface area contributed by atoms with E-state index in [2.05, 4.69) is 22.2 Å². The SMILES string of the molecule is CSCCC(NS(=O)(=O)c1ccccc1)C(=O)NCCCSc1ccccc1. The van der Waals surface area contributed by atoms with Crippen LogP contribution in [-0.4, -0.2) is 44.7 Å². The third-order valence-electron chi connectivity index (χ3n) is 3.91. The van der Waals surface area contributed by atoms with Crippen LogP contribution in [0.3, 0.4) is 0 Å². The number of thioether (sulfide) groups is 2. The number of nitrogens with one attached hydrogen (secondary N) is 2. The van der Waals surface area contributed by atoms with Crippen LogP contribution < -0.4 is 10.0 Å². The summed E-state index contributed by atoms with van der Waals surface area (Å²) in [6, 6.07) is 17.4. The van der Waals surface area contributed by atoms with Crippen molar-refractivity contribution < 1.29 is 13.2 Å². The van der Waals surface area contributed by atoms with Crippen molar-refractivity contribution in [2.24, 2.45) is 0 Å². The molecule has 1 unspecified atom stereocenters. The van der Waals surface area contributed by atoms with Gasteiger partial charge in [0.2, 0.25) is 15.9 Å². The van der Waals surface area contributed by atoms with Gasteiger partial charge in [0.05, 0.1) is 4.90 Å². The van der Waals surface area contributed by atoms with Crippen molar-refractivity contribution >= 4 is 39.5 Å². The summed E-state index contributed by atoms with van der Waals surface area (Å²) in [6.07, 6.45) is 3.19. The van der Waals surface area contributed by atoms with Crippen LogP contribution in [0.15, 0.2) is 70.5 Å². The first-order valence-electron chi connectivity index (χ1n) is 9.05. The topological polar surface area (TPSA) is 75.3 Å².